The molecule has 0 atom stereocenters. The number of carboxylic acid groups (broad SMARTS) is 1. The Hall–Kier alpha value is -2.23. The number of carboxylic acids is 1. The van der Waals surface area contributed by atoms with Crippen LogP contribution in [0.15, 0.2) is 42.7 Å². The minimum Gasteiger partial charge on any atom is -0.481 e. The molecule has 1 heterocycles. The first-order valence-electron chi connectivity index (χ1n) is 5.07. The number of aromatic nitrogens is 1. The second kappa shape index (κ2) is 4.74. The largest absolute Gasteiger partial charge is 0.481 e. The van der Waals surface area contributed by atoms with Gasteiger partial charge in [-0.25, -0.2) is 4.39 Å². The molecule has 0 unspecified atom stereocenters. The van der Waals surface area contributed by atoms with Crippen molar-refractivity contribution in [3.8, 4) is 11.1 Å². The molecule has 17 heavy (non-hydrogen) atoms. The Bertz CT molecular complexity index is 540. The van der Waals surface area contributed by atoms with Crippen LogP contribution in [0.1, 0.15) is 5.56 Å². The number of aliphatic carboxylic acids is 1. The van der Waals surface area contributed by atoms with Gasteiger partial charge >= 0.3 is 5.97 Å². The van der Waals surface area contributed by atoms with E-state index in [1.807, 2.05) is 0 Å². The van der Waals surface area contributed by atoms with Crippen molar-refractivity contribution in [2.45, 2.75) is 6.42 Å². The maximum atomic E-state index is 13.1. The summed E-state index contributed by atoms with van der Waals surface area (Å²) >= 11 is 0. The molecule has 0 spiro atoms. The lowest BCUT2D eigenvalue weighted by Gasteiger charge is -2.07. The molecule has 1 N–H and O–H groups in total. The van der Waals surface area contributed by atoms with Crippen molar-refractivity contribution in [2.75, 3.05) is 0 Å². The molecular weight excluding hydrogens is 221 g/mol. The van der Waals surface area contributed by atoms with Crippen LogP contribution in [0.5, 0.6) is 0 Å². The molecular formula is C13H10FNO2. The Kier molecular flexibility index (Phi) is 3.14. The zero-order valence-electron chi connectivity index (χ0n) is 8.93. The van der Waals surface area contributed by atoms with Crippen molar-refractivity contribution >= 4 is 5.97 Å². The number of hydrogen-bond acceptors (Lipinski definition) is 2. The molecule has 0 aliphatic rings. The maximum Gasteiger partial charge on any atom is 0.307 e. The number of hydrogen-bond donors (Lipinski definition) is 1. The minimum absolute atomic E-state index is 0.199. The molecule has 1 aromatic heterocycles. The predicted octanol–water partition coefficient (Wildman–Crippen LogP) is 2.51. The van der Waals surface area contributed by atoms with E-state index in [0.29, 0.717) is 5.56 Å². The predicted molar refractivity (Wildman–Crippen MR) is 61.0 cm³/mol. The molecule has 2 aromatic rings. The van der Waals surface area contributed by atoms with E-state index in [9.17, 15) is 9.18 Å². The molecule has 0 aliphatic carbocycles. The summed E-state index contributed by atoms with van der Waals surface area (Å²) in [6, 6.07) is 7.69. The molecule has 4 heteroatoms. The summed E-state index contributed by atoms with van der Waals surface area (Å²) in [6.07, 6.45) is 3.03. The summed E-state index contributed by atoms with van der Waals surface area (Å²) < 4.78 is 13.1. The summed E-state index contributed by atoms with van der Waals surface area (Å²) in [5.74, 6) is -1.41. The van der Waals surface area contributed by atoms with E-state index in [4.69, 9.17) is 5.11 Å². The fourth-order valence-electron chi connectivity index (χ4n) is 1.68. The SMILES string of the molecule is O=C(O)Cc1cc(F)ccc1-c1ccncc1. The minimum atomic E-state index is -0.981. The van der Waals surface area contributed by atoms with E-state index in [0.717, 1.165) is 11.1 Å². The molecule has 0 bridgehead atoms. The Balaban J connectivity index is 2.50. The number of pyridine rings is 1. The molecule has 0 saturated carbocycles. The van der Waals surface area contributed by atoms with Crippen LogP contribution < -0.4 is 0 Å². The Morgan fingerprint density at radius 2 is 1.94 bits per heavy atom. The molecule has 86 valence electrons. The zero-order valence-corrected chi connectivity index (χ0v) is 8.93. The van der Waals surface area contributed by atoms with Crippen LogP contribution in [0.25, 0.3) is 11.1 Å². The first-order valence-corrected chi connectivity index (χ1v) is 5.07. The van der Waals surface area contributed by atoms with E-state index in [2.05, 4.69) is 4.98 Å². The highest BCUT2D eigenvalue weighted by Gasteiger charge is 2.09. The van der Waals surface area contributed by atoms with Gasteiger partial charge in [0.15, 0.2) is 0 Å². The fourth-order valence-corrected chi connectivity index (χ4v) is 1.68. The first-order chi connectivity index (χ1) is 8.16. The van der Waals surface area contributed by atoms with E-state index in [1.165, 1.54) is 12.1 Å². The quantitative estimate of drug-likeness (QED) is 0.883. The van der Waals surface area contributed by atoms with Crippen LogP contribution in [-0.4, -0.2) is 16.1 Å². The summed E-state index contributed by atoms with van der Waals surface area (Å²) in [6.45, 7) is 0. The normalized spacial score (nSPS) is 10.2. The van der Waals surface area contributed by atoms with Crippen molar-refractivity contribution in [2.24, 2.45) is 0 Å². The van der Waals surface area contributed by atoms with Crippen LogP contribution >= 0.6 is 0 Å². The number of rotatable bonds is 3. The van der Waals surface area contributed by atoms with Gasteiger partial charge < -0.3 is 5.11 Å². The summed E-state index contributed by atoms with van der Waals surface area (Å²) in [4.78, 5) is 14.6. The van der Waals surface area contributed by atoms with Crippen LogP contribution in [0.3, 0.4) is 0 Å². The average Bonchev–Trinajstić information content (AvgIpc) is 2.29. The fraction of sp³-hybridized carbons (Fsp3) is 0.0769. The monoisotopic (exact) mass is 231 g/mol. The zero-order chi connectivity index (χ0) is 12.3. The number of carbonyl (C=O) groups is 1. The molecule has 1 aromatic carbocycles. The van der Waals surface area contributed by atoms with Gasteiger partial charge in [-0.15, -0.1) is 0 Å². The Morgan fingerprint density at radius 1 is 1.24 bits per heavy atom. The molecule has 0 amide bonds. The van der Waals surface area contributed by atoms with Crippen molar-refractivity contribution in [3.63, 3.8) is 0 Å². The van der Waals surface area contributed by atoms with Gasteiger partial charge in [0.05, 0.1) is 6.42 Å². The third-order valence-electron chi connectivity index (χ3n) is 2.40. The average molecular weight is 231 g/mol. The van der Waals surface area contributed by atoms with E-state index >= 15 is 0 Å². The van der Waals surface area contributed by atoms with Gasteiger partial charge in [0.25, 0.3) is 0 Å². The van der Waals surface area contributed by atoms with Gasteiger partial charge in [-0.3, -0.25) is 9.78 Å². The second-order valence-corrected chi connectivity index (χ2v) is 3.61. The van der Waals surface area contributed by atoms with Crippen LogP contribution in [0.4, 0.5) is 4.39 Å². The molecule has 2 rings (SSSR count). The van der Waals surface area contributed by atoms with Crippen LogP contribution in [0.2, 0.25) is 0 Å². The molecule has 3 nitrogen and oxygen atoms in total. The van der Waals surface area contributed by atoms with Crippen molar-refractivity contribution < 1.29 is 14.3 Å². The maximum absolute atomic E-state index is 13.1. The summed E-state index contributed by atoms with van der Waals surface area (Å²) in [5, 5.41) is 8.79. The third kappa shape index (κ3) is 2.66. The van der Waals surface area contributed by atoms with Crippen molar-refractivity contribution in [1.82, 2.24) is 4.98 Å². The van der Waals surface area contributed by atoms with Gasteiger partial charge in [-0.2, -0.15) is 0 Å². The highest BCUT2D eigenvalue weighted by molar-refractivity contribution is 5.76. The van der Waals surface area contributed by atoms with Crippen molar-refractivity contribution in [3.05, 3.63) is 54.1 Å². The van der Waals surface area contributed by atoms with Gasteiger partial charge in [-0.05, 0) is 41.0 Å². The topological polar surface area (TPSA) is 50.2 Å². The highest BCUT2D eigenvalue weighted by Crippen LogP contribution is 2.24. The van der Waals surface area contributed by atoms with Gasteiger partial charge in [0, 0.05) is 12.4 Å². The highest BCUT2D eigenvalue weighted by atomic mass is 19.1. The number of halogens is 1. The van der Waals surface area contributed by atoms with Gasteiger partial charge in [0.2, 0.25) is 0 Å². The molecule has 0 fully saturated rings. The lowest BCUT2D eigenvalue weighted by atomic mass is 9.98. The van der Waals surface area contributed by atoms with E-state index < -0.39 is 11.8 Å². The lowest BCUT2D eigenvalue weighted by molar-refractivity contribution is -0.136. The Morgan fingerprint density at radius 3 is 2.59 bits per heavy atom. The smallest absolute Gasteiger partial charge is 0.307 e. The van der Waals surface area contributed by atoms with Crippen molar-refractivity contribution in [1.29, 1.82) is 0 Å². The first kappa shape index (κ1) is 11.3. The van der Waals surface area contributed by atoms with Crippen LogP contribution in [-0.2, 0) is 11.2 Å². The second-order valence-electron chi connectivity index (χ2n) is 3.61. The Labute approximate surface area is 97.6 Å². The third-order valence-corrected chi connectivity index (χ3v) is 2.40. The molecule has 0 aliphatic heterocycles. The summed E-state index contributed by atoms with van der Waals surface area (Å²) in [7, 11) is 0. The number of benzene rings is 1. The summed E-state index contributed by atoms with van der Waals surface area (Å²) in [5.41, 5.74) is 2.01. The van der Waals surface area contributed by atoms with Crippen LogP contribution in [0, 0.1) is 5.82 Å². The lowest BCUT2D eigenvalue weighted by Crippen LogP contribution is -2.02. The van der Waals surface area contributed by atoms with E-state index in [1.54, 1.807) is 30.6 Å². The van der Waals surface area contributed by atoms with E-state index in [-0.39, 0.29) is 6.42 Å². The molecule has 0 radical (unpaired) electrons. The number of nitrogens with zero attached hydrogens (tertiary/aromatic N) is 1. The van der Waals surface area contributed by atoms with Gasteiger partial charge in [0.1, 0.15) is 5.82 Å². The van der Waals surface area contributed by atoms with Gasteiger partial charge in [-0.1, -0.05) is 6.07 Å². The standard InChI is InChI=1S/C13H10FNO2/c14-11-1-2-12(9-3-5-15-6-4-9)10(7-11)8-13(16)17/h1-7H,8H2,(H,16,17). The molecule has 0 saturated heterocycles.